The number of carbonyl (C=O) groups is 2. The molecule has 0 aromatic carbocycles. The van der Waals surface area contributed by atoms with Crippen LogP contribution in [0.15, 0.2) is 0 Å². The van der Waals surface area contributed by atoms with Gasteiger partial charge in [-0.3, -0.25) is 9.59 Å². The Morgan fingerprint density at radius 3 is 2.58 bits per heavy atom. The predicted octanol–water partition coefficient (Wildman–Crippen LogP) is -0.853. The molecular weight excluding hydrogens is 267 g/mol. The second kappa shape index (κ2) is 6.20. The molecular formula is C10H16F3N3O3. The van der Waals surface area contributed by atoms with E-state index >= 15 is 0 Å². The first-order chi connectivity index (χ1) is 8.79. The van der Waals surface area contributed by atoms with Crippen molar-refractivity contribution in [3.05, 3.63) is 0 Å². The third-order valence-corrected chi connectivity index (χ3v) is 2.91. The lowest BCUT2D eigenvalue weighted by Crippen LogP contribution is -2.52. The number of nitrogens with two attached hydrogens (primary N) is 1. The van der Waals surface area contributed by atoms with Gasteiger partial charge < -0.3 is 21.1 Å². The number of hydrogen-bond donors (Lipinski definition) is 3. The van der Waals surface area contributed by atoms with Crippen LogP contribution in [-0.2, 0) is 14.3 Å². The molecule has 110 valence electrons. The van der Waals surface area contributed by atoms with E-state index in [2.05, 4.69) is 10.6 Å². The van der Waals surface area contributed by atoms with Crippen LogP contribution in [0.2, 0.25) is 0 Å². The molecule has 9 heteroatoms. The molecule has 1 aliphatic rings. The molecule has 6 nitrogen and oxygen atoms in total. The van der Waals surface area contributed by atoms with Crippen LogP contribution in [0.4, 0.5) is 13.2 Å². The van der Waals surface area contributed by atoms with E-state index in [1.54, 1.807) is 0 Å². The number of halogens is 3. The number of amides is 2. The highest BCUT2D eigenvalue weighted by molar-refractivity contribution is 5.84. The van der Waals surface area contributed by atoms with Crippen molar-refractivity contribution in [2.45, 2.75) is 12.6 Å². The Bertz CT molecular complexity index is 341. The van der Waals surface area contributed by atoms with Gasteiger partial charge in [0.25, 0.3) is 0 Å². The topological polar surface area (TPSA) is 93.5 Å². The lowest BCUT2D eigenvalue weighted by molar-refractivity contribution is -0.216. The number of rotatable bonds is 6. The summed E-state index contributed by atoms with van der Waals surface area (Å²) >= 11 is 0. The van der Waals surface area contributed by atoms with Crippen LogP contribution < -0.4 is 16.4 Å². The lowest BCUT2D eigenvalue weighted by Gasteiger charge is -2.29. The third kappa shape index (κ3) is 3.80. The molecule has 19 heavy (non-hydrogen) atoms. The van der Waals surface area contributed by atoms with Gasteiger partial charge in [-0.15, -0.1) is 0 Å². The zero-order chi connectivity index (χ0) is 14.5. The standard InChI is InChI=1S/C10H16F3N3O3/c11-10(12,13)9(1-2-15-6-9)8(18)16-3-4-19-5-7(14)17/h15H,1-6H2,(H2,14,17)(H,16,18). The summed E-state index contributed by atoms with van der Waals surface area (Å²) in [6.45, 7) is -0.794. The van der Waals surface area contributed by atoms with E-state index in [0.717, 1.165) is 0 Å². The van der Waals surface area contributed by atoms with E-state index in [-0.39, 0.29) is 32.7 Å². The minimum Gasteiger partial charge on any atom is -0.370 e. The minimum absolute atomic E-state index is 0.0734. The first kappa shape index (κ1) is 15.7. The lowest BCUT2D eigenvalue weighted by atomic mass is 9.85. The van der Waals surface area contributed by atoms with Gasteiger partial charge >= 0.3 is 6.18 Å². The molecule has 0 aromatic rings. The highest BCUT2D eigenvalue weighted by atomic mass is 19.4. The monoisotopic (exact) mass is 283 g/mol. The number of ether oxygens (including phenoxy) is 1. The number of alkyl halides is 3. The average molecular weight is 283 g/mol. The van der Waals surface area contributed by atoms with Crippen LogP contribution in [0, 0.1) is 5.41 Å². The van der Waals surface area contributed by atoms with E-state index in [0.29, 0.717) is 0 Å². The van der Waals surface area contributed by atoms with E-state index in [9.17, 15) is 22.8 Å². The Hall–Kier alpha value is -1.35. The number of primary amides is 1. The Morgan fingerprint density at radius 2 is 2.11 bits per heavy atom. The minimum atomic E-state index is -4.60. The largest absolute Gasteiger partial charge is 0.404 e. The maximum absolute atomic E-state index is 13.0. The Balaban J connectivity index is 2.44. The van der Waals surface area contributed by atoms with E-state index < -0.39 is 30.0 Å². The Morgan fingerprint density at radius 1 is 1.42 bits per heavy atom. The van der Waals surface area contributed by atoms with Crippen LogP contribution in [0.5, 0.6) is 0 Å². The second-order valence-electron chi connectivity index (χ2n) is 4.28. The quantitative estimate of drug-likeness (QED) is 0.553. The Kier molecular flexibility index (Phi) is 5.12. The second-order valence-corrected chi connectivity index (χ2v) is 4.28. The molecule has 0 radical (unpaired) electrons. The maximum Gasteiger partial charge on any atom is 0.404 e. The molecule has 2 amide bonds. The molecule has 0 aliphatic carbocycles. The molecule has 1 atom stereocenters. The molecule has 1 fully saturated rings. The summed E-state index contributed by atoms with van der Waals surface area (Å²) in [4.78, 5) is 22.0. The van der Waals surface area contributed by atoms with Gasteiger partial charge in [0.05, 0.1) is 6.61 Å². The maximum atomic E-state index is 13.0. The molecule has 1 saturated heterocycles. The summed E-state index contributed by atoms with van der Waals surface area (Å²) in [5.74, 6) is -1.76. The van der Waals surface area contributed by atoms with Crippen molar-refractivity contribution >= 4 is 11.8 Å². The molecule has 1 unspecified atom stereocenters. The number of carbonyl (C=O) groups excluding carboxylic acids is 2. The summed E-state index contributed by atoms with van der Waals surface area (Å²) in [5.41, 5.74) is 2.43. The molecule has 0 spiro atoms. The van der Waals surface area contributed by atoms with Gasteiger partial charge in [-0.25, -0.2) is 0 Å². The SMILES string of the molecule is NC(=O)COCCNC(=O)C1(C(F)(F)F)CCNC1. The summed E-state index contributed by atoms with van der Waals surface area (Å²) < 4.78 is 43.6. The fourth-order valence-electron chi connectivity index (χ4n) is 1.84. The van der Waals surface area contributed by atoms with Crippen molar-refractivity contribution in [2.24, 2.45) is 11.1 Å². The van der Waals surface area contributed by atoms with Crippen molar-refractivity contribution in [3.63, 3.8) is 0 Å². The van der Waals surface area contributed by atoms with E-state index in [1.165, 1.54) is 0 Å². The summed E-state index contributed by atoms with van der Waals surface area (Å²) in [6.07, 6.45) is -4.89. The summed E-state index contributed by atoms with van der Waals surface area (Å²) in [5, 5.41) is 4.71. The average Bonchev–Trinajstić information content (AvgIpc) is 2.77. The van der Waals surface area contributed by atoms with Crippen molar-refractivity contribution < 1.29 is 27.5 Å². The highest BCUT2D eigenvalue weighted by Gasteiger charge is 2.61. The van der Waals surface area contributed by atoms with Gasteiger partial charge in [-0.2, -0.15) is 13.2 Å². The van der Waals surface area contributed by atoms with Crippen LogP contribution >= 0.6 is 0 Å². The molecule has 1 rings (SSSR count). The third-order valence-electron chi connectivity index (χ3n) is 2.91. The van der Waals surface area contributed by atoms with Gasteiger partial charge in [0.1, 0.15) is 6.61 Å². The number of nitrogens with one attached hydrogen (secondary N) is 2. The molecule has 0 saturated carbocycles. The first-order valence-corrected chi connectivity index (χ1v) is 5.71. The van der Waals surface area contributed by atoms with E-state index in [1.807, 2.05) is 0 Å². The molecule has 1 heterocycles. The van der Waals surface area contributed by atoms with Gasteiger partial charge in [-0.1, -0.05) is 0 Å². The van der Waals surface area contributed by atoms with Gasteiger partial charge in [0.15, 0.2) is 5.41 Å². The van der Waals surface area contributed by atoms with Crippen molar-refractivity contribution in [1.29, 1.82) is 0 Å². The highest BCUT2D eigenvalue weighted by Crippen LogP contribution is 2.43. The smallest absolute Gasteiger partial charge is 0.370 e. The van der Waals surface area contributed by atoms with Gasteiger partial charge in [0, 0.05) is 13.1 Å². The van der Waals surface area contributed by atoms with Gasteiger partial charge in [-0.05, 0) is 13.0 Å². The Labute approximate surface area is 107 Å². The van der Waals surface area contributed by atoms with E-state index in [4.69, 9.17) is 10.5 Å². The molecule has 0 bridgehead atoms. The van der Waals surface area contributed by atoms with Crippen molar-refractivity contribution in [3.8, 4) is 0 Å². The molecule has 0 aromatic heterocycles. The fraction of sp³-hybridized carbons (Fsp3) is 0.800. The first-order valence-electron chi connectivity index (χ1n) is 5.71. The van der Waals surface area contributed by atoms with Gasteiger partial charge in [0.2, 0.25) is 11.8 Å². The molecule has 4 N–H and O–H groups in total. The number of hydrogen-bond acceptors (Lipinski definition) is 4. The van der Waals surface area contributed by atoms with Crippen molar-refractivity contribution in [1.82, 2.24) is 10.6 Å². The summed E-state index contributed by atoms with van der Waals surface area (Å²) in [7, 11) is 0. The fourth-order valence-corrected chi connectivity index (χ4v) is 1.84. The summed E-state index contributed by atoms with van der Waals surface area (Å²) in [6, 6.07) is 0. The van der Waals surface area contributed by atoms with Crippen molar-refractivity contribution in [2.75, 3.05) is 32.8 Å². The zero-order valence-electron chi connectivity index (χ0n) is 10.2. The van der Waals surface area contributed by atoms with Crippen LogP contribution in [-0.4, -0.2) is 50.8 Å². The zero-order valence-corrected chi connectivity index (χ0v) is 10.2. The normalized spacial score (nSPS) is 23.3. The molecule has 1 aliphatic heterocycles. The van der Waals surface area contributed by atoms with Crippen LogP contribution in [0.3, 0.4) is 0 Å². The van der Waals surface area contributed by atoms with Crippen LogP contribution in [0.25, 0.3) is 0 Å². The predicted molar refractivity (Wildman–Crippen MR) is 59.0 cm³/mol. The van der Waals surface area contributed by atoms with Crippen LogP contribution in [0.1, 0.15) is 6.42 Å².